The lowest BCUT2D eigenvalue weighted by atomic mass is 10.2. The number of pyridine rings is 1. The van der Waals surface area contributed by atoms with Gasteiger partial charge in [0, 0.05) is 50.0 Å². The highest BCUT2D eigenvalue weighted by atomic mass is 35.5. The van der Waals surface area contributed by atoms with Crippen LogP contribution in [0.1, 0.15) is 12.8 Å². The normalized spacial score (nSPS) is 15.8. The van der Waals surface area contributed by atoms with Crippen molar-refractivity contribution in [2.24, 2.45) is 5.92 Å². The van der Waals surface area contributed by atoms with Crippen molar-refractivity contribution in [2.75, 3.05) is 43.5 Å². The van der Waals surface area contributed by atoms with Crippen LogP contribution in [0.4, 0.5) is 17.3 Å². The summed E-state index contributed by atoms with van der Waals surface area (Å²) in [5.74, 6) is 1.67. The highest BCUT2D eigenvalue weighted by Crippen LogP contribution is 2.34. The summed E-state index contributed by atoms with van der Waals surface area (Å²) in [5, 5.41) is 3.70. The molecule has 1 aliphatic carbocycles. The Morgan fingerprint density at radius 1 is 1.08 bits per heavy atom. The van der Waals surface area contributed by atoms with Crippen molar-refractivity contribution in [1.29, 1.82) is 0 Å². The van der Waals surface area contributed by atoms with Gasteiger partial charge in [-0.3, -0.25) is 9.20 Å². The summed E-state index contributed by atoms with van der Waals surface area (Å²) in [6.07, 6.45) is 7.34. The number of halogens is 1. The Bertz CT molecular complexity index is 1430. The van der Waals surface area contributed by atoms with Crippen LogP contribution in [0.2, 0.25) is 5.02 Å². The predicted molar refractivity (Wildman–Crippen MR) is 139 cm³/mol. The summed E-state index contributed by atoms with van der Waals surface area (Å²) < 4.78 is 7.62. The third kappa shape index (κ3) is 4.30. The first kappa shape index (κ1) is 22.6. The van der Waals surface area contributed by atoms with E-state index in [2.05, 4.69) is 25.2 Å². The number of amides is 1. The van der Waals surface area contributed by atoms with E-state index in [1.165, 1.54) is 0 Å². The van der Waals surface area contributed by atoms with Crippen LogP contribution in [0.15, 0.2) is 55.0 Å². The Morgan fingerprint density at radius 3 is 2.69 bits per heavy atom. The molecule has 0 bridgehead atoms. The summed E-state index contributed by atoms with van der Waals surface area (Å²) >= 11 is 6.46. The summed E-state index contributed by atoms with van der Waals surface area (Å²) in [4.78, 5) is 30.1. The second-order valence-corrected chi connectivity index (χ2v) is 9.47. The number of hydrogen-bond donors (Lipinski definition) is 1. The van der Waals surface area contributed by atoms with Crippen molar-refractivity contribution in [2.45, 2.75) is 12.8 Å². The monoisotopic (exact) mass is 503 g/mol. The van der Waals surface area contributed by atoms with E-state index in [1.807, 2.05) is 51.9 Å². The van der Waals surface area contributed by atoms with Gasteiger partial charge in [0.1, 0.15) is 17.1 Å². The van der Waals surface area contributed by atoms with Gasteiger partial charge < -0.3 is 19.9 Å². The number of rotatable bonds is 6. The van der Waals surface area contributed by atoms with Crippen LogP contribution in [0.5, 0.6) is 5.75 Å². The van der Waals surface area contributed by atoms with Gasteiger partial charge in [0.05, 0.1) is 35.9 Å². The maximum Gasteiger partial charge on any atom is 0.227 e. The number of ether oxygens (including phenoxy) is 1. The molecule has 1 saturated heterocycles. The van der Waals surface area contributed by atoms with E-state index in [4.69, 9.17) is 16.3 Å². The number of imidazole rings is 1. The smallest absolute Gasteiger partial charge is 0.227 e. The van der Waals surface area contributed by atoms with Crippen LogP contribution in [-0.4, -0.2) is 63.4 Å². The number of aromatic nitrogens is 4. The molecule has 6 rings (SSSR count). The van der Waals surface area contributed by atoms with Crippen molar-refractivity contribution >= 4 is 40.5 Å². The molecule has 1 aromatic carbocycles. The maximum atomic E-state index is 12.4. The number of nitrogens with one attached hydrogen (secondary N) is 1. The highest BCUT2D eigenvalue weighted by Gasteiger charge is 2.34. The van der Waals surface area contributed by atoms with Gasteiger partial charge in [0.25, 0.3) is 0 Å². The minimum Gasteiger partial charge on any atom is -0.494 e. The van der Waals surface area contributed by atoms with E-state index in [0.29, 0.717) is 28.3 Å². The molecule has 1 saturated carbocycles. The Morgan fingerprint density at radius 2 is 1.92 bits per heavy atom. The third-order valence-corrected chi connectivity index (χ3v) is 6.99. The first-order chi connectivity index (χ1) is 17.6. The summed E-state index contributed by atoms with van der Waals surface area (Å²) in [5.41, 5.74) is 3.98. The average molecular weight is 504 g/mol. The van der Waals surface area contributed by atoms with E-state index >= 15 is 0 Å². The van der Waals surface area contributed by atoms with E-state index in [-0.39, 0.29) is 5.92 Å². The molecule has 184 valence electrons. The largest absolute Gasteiger partial charge is 0.494 e. The molecule has 1 aliphatic heterocycles. The van der Waals surface area contributed by atoms with Gasteiger partial charge in [-0.25, -0.2) is 15.0 Å². The number of hydrogen-bond acceptors (Lipinski definition) is 7. The molecule has 9 nitrogen and oxygen atoms in total. The average Bonchev–Trinajstić information content (AvgIpc) is 3.69. The standard InChI is InChI=1S/C26H26ClN7O2/c1-36-22-14-18(32-10-12-33(13-11-32)25(35)17-5-6-17)7-8-20(22)30-26-29-15-19(27)24(31-26)21-16-28-23-4-2-3-9-34(21)23/h2-4,7-9,14-17H,5-6,10-13H2,1H3,(H,29,30,31). The van der Waals surface area contributed by atoms with Crippen LogP contribution >= 0.6 is 11.6 Å². The second-order valence-electron chi connectivity index (χ2n) is 9.06. The molecule has 36 heavy (non-hydrogen) atoms. The minimum atomic E-state index is 0.269. The number of carbonyl (C=O) groups excluding carboxylic acids is 1. The zero-order valence-corrected chi connectivity index (χ0v) is 20.6. The molecular formula is C26H26ClN7O2. The molecule has 0 radical (unpaired) electrons. The van der Waals surface area contributed by atoms with Gasteiger partial charge in [-0.05, 0) is 37.1 Å². The fourth-order valence-electron chi connectivity index (χ4n) is 4.59. The number of methoxy groups -OCH3 is 1. The number of piperazine rings is 1. The quantitative estimate of drug-likeness (QED) is 0.420. The van der Waals surface area contributed by atoms with Crippen LogP contribution in [0.3, 0.4) is 0 Å². The minimum absolute atomic E-state index is 0.269. The summed E-state index contributed by atoms with van der Waals surface area (Å²) in [6, 6.07) is 11.8. The first-order valence-corrected chi connectivity index (χ1v) is 12.4. The Kier molecular flexibility index (Phi) is 5.85. The Hall–Kier alpha value is -3.85. The van der Waals surface area contributed by atoms with E-state index < -0.39 is 0 Å². The number of benzene rings is 1. The molecule has 4 heterocycles. The topological polar surface area (TPSA) is 87.9 Å². The van der Waals surface area contributed by atoms with Crippen molar-refractivity contribution in [3.05, 3.63) is 60.0 Å². The lowest BCUT2D eigenvalue weighted by Crippen LogP contribution is -2.49. The van der Waals surface area contributed by atoms with Crippen molar-refractivity contribution in [3.63, 3.8) is 0 Å². The number of anilines is 3. The van der Waals surface area contributed by atoms with Gasteiger partial charge in [-0.1, -0.05) is 17.7 Å². The van der Waals surface area contributed by atoms with E-state index in [9.17, 15) is 4.79 Å². The second kappa shape index (κ2) is 9.31. The number of carbonyl (C=O) groups is 1. The molecule has 2 fully saturated rings. The predicted octanol–water partition coefficient (Wildman–Crippen LogP) is 4.26. The first-order valence-electron chi connectivity index (χ1n) is 12.0. The SMILES string of the molecule is COc1cc(N2CCN(C(=O)C3CC3)CC2)ccc1Nc1ncc(Cl)c(-c2cnc3ccccn23)n1. The van der Waals surface area contributed by atoms with Crippen LogP contribution in [0, 0.1) is 5.92 Å². The fourth-order valence-corrected chi connectivity index (χ4v) is 4.78. The highest BCUT2D eigenvalue weighted by molar-refractivity contribution is 6.32. The van der Waals surface area contributed by atoms with E-state index in [1.54, 1.807) is 19.5 Å². The number of fused-ring (bicyclic) bond motifs is 1. The van der Waals surface area contributed by atoms with Crippen molar-refractivity contribution in [1.82, 2.24) is 24.3 Å². The fraction of sp³-hybridized carbons (Fsp3) is 0.308. The zero-order chi connectivity index (χ0) is 24.6. The molecule has 3 aromatic heterocycles. The Balaban J connectivity index is 1.21. The van der Waals surface area contributed by atoms with Crippen LogP contribution in [-0.2, 0) is 4.79 Å². The lowest BCUT2D eigenvalue weighted by molar-refractivity contribution is -0.132. The van der Waals surface area contributed by atoms with Gasteiger partial charge >= 0.3 is 0 Å². The van der Waals surface area contributed by atoms with Crippen molar-refractivity contribution in [3.8, 4) is 17.1 Å². The third-order valence-electron chi connectivity index (χ3n) is 6.72. The molecule has 2 aliphatic rings. The molecule has 0 unspecified atom stereocenters. The Labute approximate surface area is 213 Å². The van der Waals surface area contributed by atoms with Crippen LogP contribution < -0.4 is 15.0 Å². The maximum absolute atomic E-state index is 12.4. The van der Waals surface area contributed by atoms with Crippen LogP contribution in [0.25, 0.3) is 17.0 Å². The van der Waals surface area contributed by atoms with Gasteiger partial charge in [-0.15, -0.1) is 0 Å². The molecule has 10 heteroatoms. The molecule has 1 amide bonds. The molecule has 1 N–H and O–H groups in total. The van der Waals surface area contributed by atoms with Gasteiger partial charge in [-0.2, -0.15) is 0 Å². The van der Waals surface area contributed by atoms with Gasteiger partial charge in [0.15, 0.2) is 0 Å². The zero-order valence-electron chi connectivity index (χ0n) is 19.9. The molecule has 0 spiro atoms. The molecule has 4 aromatic rings. The lowest BCUT2D eigenvalue weighted by Gasteiger charge is -2.36. The molecular weight excluding hydrogens is 478 g/mol. The summed E-state index contributed by atoms with van der Waals surface area (Å²) in [7, 11) is 1.64. The van der Waals surface area contributed by atoms with E-state index in [0.717, 1.165) is 61.7 Å². The number of nitrogens with zero attached hydrogens (tertiary/aromatic N) is 6. The molecule has 0 atom stereocenters. The van der Waals surface area contributed by atoms with Gasteiger partial charge in [0.2, 0.25) is 11.9 Å². The van der Waals surface area contributed by atoms with Crippen molar-refractivity contribution < 1.29 is 9.53 Å². The summed E-state index contributed by atoms with van der Waals surface area (Å²) in [6.45, 7) is 3.11.